The second-order valence-corrected chi connectivity index (χ2v) is 8.15. The Hall–Kier alpha value is -2.29. The van der Waals surface area contributed by atoms with Gasteiger partial charge in [0.15, 0.2) is 0 Å². The van der Waals surface area contributed by atoms with Crippen LogP contribution >= 0.6 is 0 Å². The Bertz CT molecular complexity index is 818. The lowest BCUT2D eigenvalue weighted by Gasteiger charge is -2.02. The maximum absolute atomic E-state index is 4.84. The van der Waals surface area contributed by atoms with Gasteiger partial charge >= 0.3 is 0 Å². The molecular weight excluding hydrogens is 354 g/mol. The molecule has 0 bridgehead atoms. The molecule has 3 heteroatoms. The lowest BCUT2D eigenvalue weighted by Crippen LogP contribution is -1.92. The van der Waals surface area contributed by atoms with Gasteiger partial charge in [0.1, 0.15) is 0 Å². The maximum Gasteiger partial charge on any atom is 0.0875 e. The van der Waals surface area contributed by atoms with Gasteiger partial charge in [0.05, 0.1) is 17.1 Å². The lowest BCUT2D eigenvalue weighted by atomic mass is 10.1. The van der Waals surface area contributed by atoms with E-state index in [1.54, 1.807) is 0 Å². The lowest BCUT2D eigenvalue weighted by molar-refractivity contribution is 0.564. The van der Waals surface area contributed by atoms with Crippen molar-refractivity contribution in [2.45, 2.75) is 84.5 Å². The van der Waals surface area contributed by atoms with E-state index in [-0.39, 0.29) is 0 Å². The highest BCUT2D eigenvalue weighted by Crippen LogP contribution is 2.26. The van der Waals surface area contributed by atoms with Gasteiger partial charge in [0.25, 0.3) is 0 Å². The van der Waals surface area contributed by atoms with Crippen LogP contribution in [0.5, 0.6) is 0 Å². The molecule has 0 fully saturated rings. The third kappa shape index (κ3) is 6.62. The van der Waals surface area contributed by atoms with Crippen LogP contribution in [0, 0.1) is 0 Å². The monoisotopic (exact) mass is 391 g/mol. The molecule has 0 saturated carbocycles. The largest absolute Gasteiger partial charge is 0.360 e. The van der Waals surface area contributed by atoms with Crippen molar-refractivity contribution in [1.82, 2.24) is 9.97 Å². The molecule has 1 aliphatic rings. The van der Waals surface area contributed by atoms with Crippen molar-refractivity contribution in [3.05, 3.63) is 64.9 Å². The summed E-state index contributed by atoms with van der Waals surface area (Å²) in [5.41, 5.74) is 6.98. The van der Waals surface area contributed by atoms with E-state index in [0.29, 0.717) is 0 Å². The fourth-order valence-electron chi connectivity index (χ4n) is 3.97. The number of aryl methyl sites for hydroxylation is 1. The van der Waals surface area contributed by atoms with E-state index in [4.69, 9.17) is 4.99 Å². The zero-order valence-electron chi connectivity index (χ0n) is 18.3. The van der Waals surface area contributed by atoms with E-state index in [2.05, 4.69) is 54.2 Å². The van der Waals surface area contributed by atoms with E-state index in [0.717, 1.165) is 35.6 Å². The molecule has 0 spiro atoms. The first-order valence-electron chi connectivity index (χ1n) is 11.6. The number of allylic oxidation sites excluding steroid dienone is 2. The van der Waals surface area contributed by atoms with Gasteiger partial charge in [-0.1, -0.05) is 65.2 Å². The van der Waals surface area contributed by atoms with Crippen molar-refractivity contribution in [1.29, 1.82) is 0 Å². The van der Waals surface area contributed by atoms with Gasteiger partial charge < -0.3 is 9.97 Å². The van der Waals surface area contributed by atoms with Crippen molar-refractivity contribution in [3.63, 3.8) is 0 Å². The molecule has 3 nitrogen and oxygen atoms in total. The van der Waals surface area contributed by atoms with Crippen LogP contribution in [-0.2, 0) is 6.42 Å². The van der Waals surface area contributed by atoms with Crippen LogP contribution in [0.25, 0.3) is 6.08 Å². The van der Waals surface area contributed by atoms with Gasteiger partial charge in [-0.15, -0.1) is 0 Å². The number of hydrogen-bond acceptors (Lipinski definition) is 1. The Kier molecular flexibility index (Phi) is 8.60. The Morgan fingerprint density at radius 3 is 2.34 bits per heavy atom. The van der Waals surface area contributed by atoms with Crippen molar-refractivity contribution >= 4 is 11.8 Å². The summed E-state index contributed by atoms with van der Waals surface area (Å²) in [6, 6.07) is 8.51. The third-order valence-corrected chi connectivity index (χ3v) is 5.75. The van der Waals surface area contributed by atoms with Crippen molar-refractivity contribution in [3.8, 4) is 0 Å². The number of hydrogen-bond donors (Lipinski definition) is 2. The molecule has 3 heterocycles. The molecule has 156 valence electrons. The number of H-pyrrole nitrogens is 2. The predicted molar refractivity (Wildman–Crippen MR) is 125 cm³/mol. The van der Waals surface area contributed by atoms with Crippen LogP contribution in [0.2, 0.25) is 0 Å². The molecule has 3 rings (SSSR count). The van der Waals surface area contributed by atoms with E-state index < -0.39 is 0 Å². The summed E-state index contributed by atoms with van der Waals surface area (Å²) in [5.74, 6) is 0. The first-order valence-corrected chi connectivity index (χ1v) is 11.6. The first-order chi connectivity index (χ1) is 14.3. The Balaban J connectivity index is 1.44. The van der Waals surface area contributed by atoms with Gasteiger partial charge in [0, 0.05) is 17.6 Å². The van der Waals surface area contributed by atoms with Gasteiger partial charge in [0.2, 0.25) is 0 Å². The minimum absolute atomic E-state index is 0.992. The van der Waals surface area contributed by atoms with Crippen LogP contribution < -0.4 is 0 Å². The molecule has 0 saturated heterocycles. The van der Waals surface area contributed by atoms with Gasteiger partial charge in [-0.2, -0.15) is 0 Å². The molecule has 0 radical (unpaired) electrons. The standard InChI is InChI=1S/C26H37N3/c1-3-5-6-7-8-9-10-11-12-14-22-16-17-23(28-22)20-25-21(4-2)19-26(29-25)24-15-13-18-27-24/h13,15-20,27-28H,3-12,14H2,1-2H3/b25-20-. The van der Waals surface area contributed by atoms with Gasteiger partial charge in [-0.25, -0.2) is 4.99 Å². The summed E-state index contributed by atoms with van der Waals surface area (Å²) in [6.07, 6.45) is 20.9. The molecule has 0 unspecified atom stereocenters. The number of rotatable bonds is 13. The summed E-state index contributed by atoms with van der Waals surface area (Å²) in [4.78, 5) is 11.7. The number of aliphatic imine (C=N–C) groups is 1. The van der Waals surface area contributed by atoms with Crippen LogP contribution in [-0.4, -0.2) is 15.7 Å². The molecule has 2 aromatic rings. The van der Waals surface area contributed by atoms with Crippen molar-refractivity contribution in [2.75, 3.05) is 0 Å². The average molecular weight is 392 g/mol. The molecule has 2 aromatic heterocycles. The summed E-state index contributed by atoms with van der Waals surface area (Å²) < 4.78 is 0. The number of aromatic amines is 2. The highest BCUT2D eigenvalue weighted by atomic mass is 14.8. The second-order valence-electron chi connectivity index (χ2n) is 8.15. The minimum atomic E-state index is 0.992. The van der Waals surface area contributed by atoms with Crippen LogP contribution in [0.3, 0.4) is 0 Å². The maximum atomic E-state index is 4.84. The second kappa shape index (κ2) is 11.6. The fourth-order valence-corrected chi connectivity index (χ4v) is 3.97. The molecule has 0 atom stereocenters. The predicted octanol–water partition coefficient (Wildman–Crippen LogP) is 7.60. The smallest absolute Gasteiger partial charge is 0.0875 e. The highest BCUT2D eigenvalue weighted by Gasteiger charge is 2.15. The van der Waals surface area contributed by atoms with Gasteiger partial charge in [-0.05, 0) is 61.3 Å². The number of aromatic nitrogens is 2. The zero-order chi connectivity index (χ0) is 20.3. The molecule has 0 aromatic carbocycles. The third-order valence-electron chi connectivity index (χ3n) is 5.75. The SMILES string of the molecule is CCCCCCCCCCCc1ccc(/C=C2\N=C(c3ccc[nH]3)C=C2CC)[nH]1. The summed E-state index contributed by atoms with van der Waals surface area (Å²) in [6.45, 7) is 4.47. The number of nitrogens with one attached hydrogen (secondary N) is 2. The Morgan fingerprint density at radius 2 is 1.66 bits per heavy atom. The summed E-state index contributed by atoms with van der Waals surface area (Å²) >= 11 is 0. The topological polar surface area (TPSA) is 43.9 Å². The van der Waals surface area contributed by atoms with E-state index >= 15 is 0 Å². The first kappa shape index (κ1) is 21.4. The summed E-state index contributed by atoms with van der Waals surface area (Å²) in [7, 11) is 0. The molecule has 29 heavy (non-hydrogen) atoms. The molecular formula is C26H37N3. The molecule has 2 N–H and O–H groups in total. The van der Waals surface area contributed by atoms with E-state index in [9.17, 15) is 0 Å². The number of unbranched alkanes of at least 4 members (excludes halogenated alkanes) is 8. The zero-order valence-corrected chi connectivity index (χ0v) is 18.3. The van der Waals surface area contributed by atoms with Gasteiger partial charge in [-0.3, -0.25) is 0 Å². The van der Waals surface area contributed by atoms with Crippen LogP contribution in [0.15, 0.2) is 52.8 Å². The Labute approximate surface area is 176 Å². The fraction of sp³-hybridized carbons (Fsp3) is 0.500. The Morgan fingerprint density at radius 1 is 0.897 bits per heavy atom. The average Bonchev–Trinajstić information content (AvgIpc) is 3.48. The normalized spacial score (nSPS) is 15.2. The van der Waals surface area contributed by atoms with Crippen LogP contribution in [0.4, 0.5) is 0 Å². The molecule has 1 aliphatic heterocycles. The molecule has 0 aliphatic carbocycles. The van der Waals surface area contributed by atoms with Crippen molar-refractivity contribution < 1.29 is 0 Å². The minimum Gasteiger partial charge on any atom is -0.360 e. The number of nitrogens with zero attached hydrogens (tertiary/aromatic N) is 1. The van der Waals surface area contributed by atoms with Crippen LogP contribution in [0.1, 0.15) is 95.1 Å². The molecule has 0 amide bonds. The van der Waals surface area contributed by atoms with E-state index in [1.807, 2.05) is 12.3 Å². The quantitative estimate of drug-likeness (QED) is 0.330. The van der Waals surface area contributed by atoms with Crippen molar-refractivity contribution in [2.24, 2.45) is 4.99 Å². The summed E-state index contributed by atoms with van der Waals surface area (Å²) in [5, 5.41) is 0. The van der Waals surface area contributed by atoms with E-state index in [1.165, 1.54) is 69.1 Å². The highest BCUT2D eigenvalue weighted by molar-refractivity contribution is 6.11.